The number of carbonyl (C=O) groups is 1. The van der Waals surface area contributed by atoms with Crippen molar-refractivity contribution in [3.8, 4) is 0 Å². The van der Waals surface area contributed by atoms with E-state index in [1.165, 1.54) is 6.07 Å². The Morgan fingerprint density at radius 3 is 2.83 bits per heavy atom. The first-order valence-corrected chi connectivity index (χ1v) is 6.47. The maximum absolute atomic E-state index is 11.9. The van der Waals surface area contributed by atoms with Crippen LogP contribution in [0.15, 0.2) is 6.07 Å². The monoisotopic (exact) mass is 289 g/mol. The molecule has 0 bridgehead atoms. The zero-order valence-electron chi connectivity index (χ0n) is 9.66. The summed E-state index contributed by atoms with van der Waals surface area (Å²) in [5.41, 5.74) is 0.253. The molecule has 98 valence electrons. The number of hydrogen-bond donors (Lipinski definition) is 1. The quantitative estimate of drug-likeness (QED) is 0.924. The highest BCUT2D eigenvalue weighted by atomic mass is 35.5. The molecule has 0 unspecified atom stereocenters. The molecule has 0 spiro atoms. The Morgan fingerprint density at radius 1 is 1.39 bits per heavy atom. The first-order chi connectivity index (χ1) is 8.66. The standard InChI is InChI=1S/C11H13Cl2N3O2/c12-9-5-8(10(13)16-15-9)11(17)14-6-7-1-3-18-4-2-7/h5,7H,1-4,6H2,(H,14,17). The van der Waals surface area contributed by atoms with Crippen molar-refractivity contribution in [3.63, 3.8) is 0 Å². The van der Waals surface area contributed by atoms with Crippen molar-refractivity contribution in [2.45, 2.75) is 12.8 Å². The number of nitrogens with zero attached hydrogens (tertiary/aromatic N) is 2. The minimum absolute atomic E-state index is 0.0591. The summed E-state index contributed by atoms with van der Waals surface area (Å²) in [7, 11) is 0. The Balaban J connectivity index is 1.92. The second-order valence-electron chi connectivity index (χ2n) is 4.14. The van der Waals surface area contributed by atoms with Crippen LogP contribution in [-0.4, -0.2) is 35.9 Å². The zero-order valence-corrected chi connectivity index (χ0v) is 11.2. The summed E-state index contributed by atoms with van der Waals surface area (Å²) < 4.78 is 5.26. The number of rotatable bonds is 3. The van der Waals surface area contributed by atoms with Gasteiger partial charge >= 0.3 is 0 Å². The smallest absolute Gasteiger partial charge is 0.254 e. The number of halogens is 2. The molecule has 1 aromatic rings. The third-order valence-corrected chi connectivity index (χ3v) is 3.32. The van der Waals surface area contributed by atoms with E-state index in [0.29, 0.717) is 12.5 Å². The average molecular weight is 290 g/mol. The topological polar surface area (TPSA) is 64.1 Å². The Kier molecular flexibility index (Phi) is 4.74. The maximum atomic E-state index is 11.9. The van der Waals surface area contributed by atoms with Gasteiger partial charge in [-0.25, -0.2) is 0 Å². The van der Waals surface area contributed by atoms with Crippen molar-refractivity contribution in [1.82, 2.24) is 15.5 Å². The number of carbonyl (C=O) groups excluding carboxylic acids is 1. The van der Waals surface area contributed by atoms with Crippen LogP contribution >= 0.6 is 23.2 Å². The highest BCUT2D eigenvalue weighted by molar-refractivity contribution is 6.34. The second-order valence-corrected chi connectivity index (χ2v) is 4.88. The number of ether oxygens (including phenoxy) is 1. The van der Waals surface area contributed by atoms with E-state index in [1.54, 1.807) is 0 Å². The minimum Gasteiger partial charge on any atom is -0.381 e. The molecule has 0 aromatic carbocycles. The Morgan fingerprint density at radius 2 is 2.11 bits per heavy atom. The van der Waals surface area contributed by atoms with Crippen LogP contribution in [0.5, 0.6) is 0 Å². The third kappa shape index (κ3) is 3.54. The predicted molar refractivity (Wildman–Crippen MR) is 67.9 cm³/mol. The van der Waals surface area contributed by atoms with Crippen molar-refractivity contribution >= 4 is 29.1 Å². The van der Waals surface area contributed by atoms with Gasteiger partial charge in [0.05, 0.1) is 5.56 Å². The van der Waals surface area contributed by atoms with Gasteiger partial charge in [-0.15, -0.1) is 10.2 Å². The molecule has 0 aliphatic carbocycles. The summed E-state index contributed by atoms with van der Waals surface area (Å²) in [6, 6.07) is 1.41. The van der Waals surface area contributed by atoms with Crippen LogP contribution in [-0.2, 0) is 4.74 Å². The van der Waals surface area contributed by atoms with Crippen LogP contribution in [0.2, 0.25) is 10.3 Å². The molecular formula is C11H13Cl2N3O2. The van der Waals surface area contributed by atoms with Crippen LogP contribution in [0.3, 0.4) is 0 Å². The highest BCUT2D eigenvalue weighted by Gasteiger charge is 2.17. The first kappa shape index (κ1) is 13.5. The van der Waals surface area contributed by atoms with Crippen LogP contribution < -0.4 is 5.32 Å². The lowest BCUT2D eigenvalue weighted by molar-refractivity contribution is 0.0642. The normalized spacial score (nSPS) is 16.6. The molecule has 0 radical (unpaired) electrons. The molecule has 0 saturated carbocycles. The van der Waals surface area contributed by atoms with E-state index >= 15 is 0 Å². The lowest BCUT2D eigenvalue weighted by atomic mass is 10.0. The van der Waals surface area contributed by atoms with Crippen molar-refractivity contribution in [2.24, 2.45) is 5.92 Å². The van der Waals surface area contributed by atoms with Gasteiger partial charge in [0.2, 0.25) is 0 Å². The van der Waals surface area contributed by atoms with Crippen molar-refractivity contribution in [3.05, 3.63) is 21.9 Å². The molecule has 1 aliphatic rings. The van der Waals surface area contributed by atoms with Crippen molar-refractivity contribution < 1.29 is 9.53 Å². The van der Waals surface area contributed by atoms with E-state index in [2.05, 4.69) is 15.5 Å². The molecule has 18 heavy (non-hydrogen) atoms. The van der Waals surface area contributed by atoms with E-state index in [0.717, 1.165) is 26.1 Å². The molecule has 1 fully saturated rings. The zero-order chi connectivity index (χ0) is 13.0. The summed E-state index contributed by atoms with van der Waals surface area (Å²) in [6.07, 6.45) is 1.92. The van der Waals surface area contributed by atoms with E-state index in [1.807, 2.05) is 0 Å². The lowest BCUT2D eigenvalue weighted by Gasteiger charge is -2.22. The molecule has 2 heterocycles. The van der Waals surface area contributed by atoms with Gasteiger partial charge in [0.25, 0.3) is 5.91 Å². The van der Waals surface area contributed by atoms with Gasteiger partial charge < -0.3 is 10.1 Å². The lowest BCUT2D eigenvalue weighted by Crippen LogP contribution is -2.32. The molecular weight excluding hydrogens is 277 g/mol. The Labute approximate surface area is 115 Å². The van der Waals surface area contributed by atoms with Gasteiger partial charge in [-0.2, -0.15) is 0 Å². The highest BCUT2D eigenvalue weighted by Crippen LogP contribution is 2.16. The summed E-state index contributed by atoms with van der Waals surface area (Å²) >= 11 is 11.5. The molecule has 1 N–H and O–H groups in total. The molecule has 1 aliphatic heterocycles. The number of aromatic nitrogens is 2. The summed E-state index contributed by atoms with van der Waals surface area (Å²) in [6.45, 7) is 2.12. The molecule has 2 rings (SSSR count). The van der Waals surface area contributed by atoms with E-state index in [9.17, 15) is 4.79 Å². The number of nitrogens with one attached hydrogen (secondary N) is 1. The largest absolute Gasteiger partial charge is 0.381 e. The van der Waals surface area contributed by atoms with Gasteiger partial charge in [-0.3, -0.25) is 4.79 Å². The van der Waals surface area contributed by atoms with Crippen molar-refractivity contribution in [2.75, 3.05) is 19.8 Å². The predicted octanol–water partition coefficient (Wildman–Crippen LogP) is 1.94. The molecule has 7 heteroatoms. The van der Waals surface area contributed by atoms with Gasteiger partial charge in [0, 0.05) is 19.8 Å². The second kappa shape index (κ2) is 6.31. The molecule has 1 amide bonds. The van der Waals surface area contributed by atoms with E-state index in [-0.39, 0.29) is 21.8 Å². The molecule has 1 aromatic heterocycles. The summed E-state index contributed by atoms with van der Waals surface area (Å²) in [5, 5.41) is 10.2. The van der Waals surface area contributed by atoms with Crippen LogP contribution in [0.4, 0.5) is 0 Å². The van der Waals surface area contributed by atoms with Gasteiger partial charge in [0.1, 0.15) is 0 Å². The Hall–Kier alpha value is -0.910. The fraction of sp³-hybridized carbons (Fsp3) is 0.545. The maximum Gasteiger partial charge on any atom is 0.254 e. The summed E-state index contributed by atoms with van der Waals surface area (Å²) in [4.78, 5) is 11.9. The fourth-order valence-corrected chi connectivity index (χ4v) is 2.12. The minimum atomic E-state index is -0.275. The van der Waals surface area contributed by atoms with E-state index in [4.69, 9.17) is 27.9 Å². The molecule has 0 atom stereocenters. The summed E-state index contributed by atoms with van der Waals surface area (Å²) in [5.74, 6) is 0.176. The molecule has 1 saturated heterocycles. The van der Waals surface area contributed by atoms with E-state index < -0.39 is 0 Å². The molecule has 5 nitrogen and oxygen atoms in total. The number of amides is 1. The van der Waals surface area contributed by atoms with Crippen molar-refractivity contribution in [1.29, 1.82) is 0 Å². The van der Waals surface area contributed by atoms with Crippen LogP contribution in [0.25, 0.3) is 0 Å². The van der Waals surface area contributed by atoms with Crippen LogP contribution in [0.1, 0.15) is 23.2 Å². The number of hydrogen-bond acceptors (Lipinski definition) is 4. The average Bonchev–Trinajstić information content (AvgIpc) is 2.40. The van der Waals surface area contributed by atoms with Crippen LogP contribution in [0, 0.1) is 5.92 Å². The first-order valence-electron chi connectivity index (χ1n) is 5.71. The van der Waals surface area contributed by atoms with Gasteiger partial charge in [-0.05, 0) is 24.8 Å². The Bertz CT molecular complexity index is 436. The third-order valence-electron chi connectivity index (χ3n) is 2.86. The SMILES string of the molecule is O=C(NCC1CCOCC1)c1cc(Cl)nnc1Cl. The fourth-order valence-electron chi connectivity index (χ4n) is 1.80. The van der Waals surface area contributed by atoms with Gasteiger partial charge in [-0.1, -0.05) is 23.2 Å². The van der Waals surface area contributed by atoms with Gasteiger partial charge in [0.15, 0.2) is 10.3 Å².